The van der Waals surface area contributed by atoms with Crippen LogP contribution in [0.3, 0.4) is 0 Å². The molecule has 7 nitrogen and oxygen atoms in total. The third kappa shape index (κ3) is 16.2. The average Bonchev–Trinajstić information content (AvgIpc) is 2.48. The van der Waals surface area contributed by atoms with Crippen LogP contribution < -0.4 is 0 Å². The molecule has 0 aromatic heterocycles. The maximum atomic E-state index is 12.3. The Kier molecular flexibility index (Phi) is 11.8. The molecule has 0 saturated carbocycles. The molecule has 0 radical (unpaired) electrons. The van der Waals surface area contributed by atoms with Gasteiger partial charge in [-0.05, 0) is 25.0 Å². The highest BCUT2D eigenvalue weighted by atomic mass is 32.3. The maximum Gasteiger partial charge on any atom is 0.304 e. The van der Waals surface area contributed by atoms with Gasteiger partial charge < -0.3 is 14.2 Å². The first-order valence-electron chi connectivity index (χ1n) is 7.64. The molecule has 0 saturated heterocycles. The number of halogens is 2. The lowest BCUT2D eigenvalue weighted by atomic mass is 10.3. The second-order valence-electron chi connectivity index (χ2n) is 4.91. The second kappa shape index (κ2) is 12.3. The second-order valence-corrected chi connectivity index (χ2v) is 7.89. The topological polar surface area (TPSA) is 96.0 Å². The summed E-state index contributed by atoms with van der Waals surface area (Å²) >= 11 is 0. The number of ether oxygens (including phenoxy) is 3. The van der Waals surface area contributed by atoms with Crippen molar-refractivity contribution in [3.05, 3.63) is 24.7 Å². The Morgan fingerprint density at radius 1 is 0.800 bits per heavy atom. The van der Waals surface area contributed by atoms with E-state index in [9.17, 15) is 24.6 Å². The lowest BCUT2D eigenvalue weighted by molar-refractivity contribution is 0.0915. The van der Waals surface area contributed by atoms with E-state index in [-0.39, 0.29) is 13.2 Å². The highest BCUT2D eigenvalue weighted by molar-refractivity contribution is 7.86. The molecule has 0 aromatic rings. The van der Waals surface area contributed by atoms with Gasteiger partial charge in [-0.15, -0.1) is 7.77 Å². The molecule has 0 amide bonds. The Balaban J connectivity index is 4.17. The van der Waals surface area contributed by atoms with Crippen LogP contribution >= 0.6 is 0 Å². The van der Waals surface area contributed by atoms with Crippen LogP contribution in [0.15, 0.2) is 24.7 Å². The van der Waals surface area contributed by atoms with Crippen molar-refractivity contribution in [3.8, 4) is 0 Å². The Morgan fingerprint density at radius 2 is 1.16 bits per heavy atom. The summed E-state index contributed by atoms with van der Waals surface area (Å²) in [5.74, 6) is -1.41. The molecule has 11 heteroatoms. The lowest BCUT2D eigenvalue weighted by Crippen LogP contribution is -2.15. The molecular weight excluding hydrogens is 382 g/mol. The van der Waals surface area contributed by atoms with E-state index in [4.69, 9.17) is 14.2 Å². The summed E-state index contributed by atoms with van der Waals surface area (Å²) in [4.78, 5) is 0. The van der Waals surface area contributed by atoms with Crippen LogP contribution in [-0.2, 0) is 34.7 Å². The minimum atomic E-state index is -4.55. The Hall–Kier alpha value is -1.04. The van der Waals surface area contributed by atoms with Gasteiger partial charge in [-0.2, -0.15) is 16.8 Å². The summed E-state index contributed by atoms with van der Waals surface area (Å²) < 4.78 is 81.5. The summed E-state index contributed by atoms with van der Waals surface area (Å²) in [6.45, 7) is 3.07. The quantitative estimate of drug-likeness (QED) is 0.322. The van der Waals surface area contributed by atoms with Crippen LogP contribution in [0.1, 0.15) is 26.7 Å². The molecule has 0 fully saturated rings. The highest BCUT2D eigenvalue weighted by Gasteiger charge is 2.10. The van der Waals surface area contributed by atoms with Gasteiger partial charge in [-0.1, -0.05) is 13.8 Å². The van der Waals surface area contributed by atoms with Gasteiger partial charge in [0.05, 0.1) is 37.9 Å². The molecule has 148 valence electrons. The molecular formula is C14H24F2O7S2. The Morgan fingerprint density at radius 3 is 1.44 bits per heavy atom. The van der Waals surface area contributed by atoms with Crippen LogP contribution in [0.2, 0.25) is 0 Å². The molecule has 25 heavy (non-hydrogen) atoms. The van der Waals surface area contributed by atoms with E-state index in [2.05, 4.69) is 0 Å². The van der Waals surface area contributed by atoms with Crippen molar-refractivity contribution in [3.63, 3.8) is 0 Å². The third-order valence-electron chi connectivity index (χ3n) is 2.87. The zero-order valence-electron chi connectivity index (χ0n) is 14.1. The molecule has 0 spiro atoms. The molecule has 0 bridgehead atoms. The lowest BCUT2D eigenvalue weighted by Gasteiger charge is -2.11. The number of hydrogen-bond donors (Lipinski definition) is 0. The van der Waals surface area contributed by atoms with Crippen molar-refractivity contribution < 1.29 is 38.8 Å². The zero-order chi connectivity index (χ0) is 19.3. The minimum absolute atomic E-state index is 0.263. The first-order valence-corrected chi connectivity index (χ1v) is 10.7. The standard InChI is InChI=1S/C14H24F2O7S2/c1-3-13(22-9-11-24(15,17)18)5-7-21-8-6-14(4-2)23-10-12-25(16,19)20/h5-8,13-14H,3-4,9-12H2,1-2H3. The van der Waals surface area contributed by atoms with Gasteiger partial charge >= 0.3 is 20.4 Å². The van der Waals surface area contributed by atoms with Crippen LogP contribution in [0.5, 0.6) is 0 Å². The van der Waals surface area contributed by atoms with E-state index in [1.807, 2.05) is 0 Å². The van der Waals surface area contributed by atoms with Crippen molar-refractivity contribution in [1.29, 1.82) is 0 Å². The molecule has 0 aromatic carbocycles. The molecule has 0 aliphatic carbocycles. The fraction of sp³-hybridized carbons (Fsp3) is 0.714. The predicted molar refractivity (Wildman–Crippen MR) is 89.2 cm³/mol. The summed E-state index contributed by atoms with van der Waals surface area (Å²) in [5.41, 5.74) is 0. The van der Waals surface area contributed by atoms with Gasteiger partial charge in [0, 0.05) is 0 Å². The minimum Gasteiger partial charge on any atom is -0.473 e. The molecule has 0 aliphatic heterocycles. The van der Waals surface area contributed by atoms with Gasteiger partial charge in [-0.25, -0.2) is 0 Å². The smallest absolute Gasteiger partial charge is 0.304 e. The summed E-state index contributed by atoms with van der Waals surface area (Å²) in [6, 6.07) is 0. The maximum absolute atomic E-state index is 12.3. The van der Waals surface area contributed by atoms with Crippen molar-refractivity contribution in [2.75, 3.05) is 24.7 Å². The molecule has 0 heterocycles. The number of hydrogen-bond acceptors (Lipinski definition) is 7. The molecule has 2 atom stereocenters. The molecule has 2 unspecified atom stereocenters. The van der Waals surface area contributed by atoms with Gasteiger partial charge in [-0.3, -0.25) is 0 Å². The van der Waals surface area contributed by atoms with Crippen molar-refractivity contribution in [2.24, 2.45) is 0 Å². The van der Waals surface area contributed by atoms with Gasteiger partial charge in [0.1, 0.15) is 11.5 Å². The monoisotopic (exact) mass is 406 g/mol. The molecule has 0 aliphatic rings. The van der Waals surface area contributed by atoms with Gasteiger partial charge in [0.2, 0.25) is 0 Å². The molecule has 0 rings (SSSR count). The van der Waals surface area contributed by atoms with Crippen molar-refractivity contribution in [1.82, 2.24) is 0 Å². The van der Waals surface area contributed by atoms with Crippen molar-refractivity contribution in [2.45, 2.75) is 38.9 Å². The SMILES string of the molecule is CCC(C=COC=CC(CC)OCCS(=O)(=O)F)OCCS(=O)(=O)F. The van der Waals surface area contributed by atoms with E-state index >= 15 is 0 Å². The fourth-order valence-electron chi connectivity index (χ4n) is 1.53. The summed E-state index contributed by atoms with van der Waals surface area (Å²) in [5, 5.41) is 0. The zero-order valence-corrected chi connectivity index (χ0v) is 15.8. The van der Waals surface area contributed by atoms with E-state index in [0.29, 0.717) is 12.8 Å². The number of rotatable bonds is 14. The van der Waals surface area contributed by atoms with E-state index in [1.54, 1.807) is 13.8 Å². The largest absolute Gasteiger partial charge is 0.473 e. The summed E-state index contributed by atoms with van der Waals surface area (Å²) in [6.07, 6.45) is 5.91. The Labute approximate surface area is 148 Å². The Bertz CT molecular complexity index is 561. The first kappa shape index (κ1) is 24.0. The summed E-state index contributed by atoms with van der Waals surface area (Å²) in [7, 11) is -9.11. The van der Waals surface area contributed by atoms with Crippen LogP contribution in [0, 0.1) is 0 Å². The van der Waals surface area contributed by atoms with E-state index < -0.39 is 44.2 Å². The van der Waals surface area contributed by atoms with Crippen LogP contribution in [0.4, 0.5) is 7.77 Å². The van der Waals surface area contributed by atoms with Crippen LogP contribution in [-0.4, -0.2) is 53.8 Å². The van der Waals surface area contributed by atoms with E-state index in [1.165, 1.54) is 24.7 Å². The molecule has 0 N–H and O–H groups in total. The third-order valence-corrected chi connectivity index (χ3v) is 4.18. The van der Waals surface area contributed by atoms with Crippen molar-refractivity contribution >= 4 is 20.4 Å². The average molecular weight is 406 g/mol. The fourth-order valence-corrected chi connectivity index (χ4v) is 2.12. The van der Waals surface area contributed by atoms with E-state index in [0.717, 1.165) is 0 Å². The predicted octanol–water partition coefficient (Wildman–Crippen LogP) is 2.22. The highest BCUT2D eigenvalue weighted by Crippen LogP contribution is 2.04. The van der Waals surface area contributed by atoms with Gasteiger partial charge in [0.15, 0.2) is 0 Å². The van der Waals surface area contributed by atoms with Crippen LogP contribution in [0.25, 0.3) is 0 Å². The first-order chi connectivity index (χ1) is 11.6. The van der Waals surface area contributed by atoms with Gasteiger partial charge in [0.25, 0.3) is 0 Å². The normalized spacial score (nSPS) is 15.7.